The highest BCUT2D eigenvalue weighted by atomic mass is 16.5. The molecule has 0 bridgehead atoms. The number of rotatable bonds is 6. The summed E-state index contributed by atoms with van der Waals surface area (Å²) >= 11 is 0. The van der Waals surface area contributed by atoms with Gasteiger partial charge in [0.25, 0.3) is 0 Å². The van der Waals surface area contributed by atoms with Crippen LogP contribution in [0.5, 0.6) is 0 Å². The zero-order valence-corrected chi connectivity index (χ0v) is 10.6. The molecule has 2 nitrogen and oxygen atoms in total. The monoisotopic (exact) mass is 213 g/mol. The van der Waals surface area contributed by atoms with E-state index in [0.29, 0.717) is 0 Å². The van der Waals surface area contributed by atoms with Crippen molar-refractivity contribution >= 4 is 0 Å². The molecule has 1 rings (SSSR count). The van der Waals surface area contributed by atoms with Gasteiger partial charge in [0.15, 0.2) is 0 Å². The molecule has 0 heterocycles. The van der Waals surface area contributed by atoms with Gasteiger partial charge in [-0.1, -0.05) is 26.7 Å². The molecule has 0 aromatic heterocycles. The molecule has 0 aliphatic heterocycles. The van der Waals surface area contributed by atoms with Crippen molar-refractivity contribution in [3.05, 3.63) is 0 Å². The summed E-state index contributed by atoms with van der Waals surface area (Å²) in [4.78, 5) is 0. The lowest BCUT2D eigenvalue weighted by molar-refractivity contribution is 0.185. The van der Waals surface area contributed by atoms with Gasteiger partial charge in [0.2, 0.25) is 0 Å². The van der Waals surface area contributed by atoms with E-state index < -0.39 is 0 Å². The standard InChI is InChI=1S/C13H27NO/c1-11-7-6-8-13(12(11)2)14-9-4-5-10-15-3/h11-14H,4-10H2,1-3H3. The Morgan fingerprint density at radius 1 is 1.20 bits per heavy atom. The van der Waals surface area contributed by atoms with Crippen LogP contribution in [0.25, 0.3) is 0 Å². The van der Waals surface area contributed by atoms with Crippen LogP contribution in [-0.2, 0) is 4.74 Å². The summed E-state index contributed by atoms with van der Waals surface area (Å²) in [5.41, 5.74) is 0. The SMILES string of the molecule is COCCCCNC1CCCC(C)C1C. The fourth-order valence-corrected chi connectivity index (χ4v) is 2.53. The molecule has 1 aliphatic rings. The van der Waals surface area contributed by atoms with Crippen LogP contribution < -0.4 is 5.32 Å². The highest BCUT2D eigenvalue weighted by Crippen LogP contribution is 2.29. The van der Waals surface area contributed by atoms with Crippen molar-refractivity contribution in [2.24, 2.45) is 11.8 Å². The van der Waals surface area contributed by atoms with Crippen LogP contribution in [0.1, 0.15) is 46.0 Å². The van der Waals surface area contributed by atoms with Crippen molar-refractivity contribution in [1.29, 1.82) is 0 Å². The third-order valence-electron chi connectivity index (χ3n) is 3.89. The maximum absolute atomic E-state index is 5.04. The van der Waals surface area contributed by atoms with E-state index in [0.717, 1.165) is 31.0 Å². The Balaban J connectivity index is 2.09. The Morgan fingerprint density at radius 3 is 2.73 bits per heavy atom. The molecule has 90 valence electrons. The predicted molar refractivity (Wildman–Crippen MR) is 65.1 cm³/mol. The predicted octanol–water partition coefficient (Wildman–Crippen LogP) is 2.83. The minimum Gasteiger partial charge on any atom is -0.385 e. The minimum atomic E-state index is 0.760. The number of unbranched alkanes of at least 4 members (excludes halogenated alkanes) is 1. The molecular weight excluding hydrogens is 186 g/mol. The first kappa shape index (κ1) is 13.0. The van der Waals surface area contributed by atoms with Gasteiger partial charge in [0.05, 0.1) is 0 Å². The van der Waals surface area contributed by atoms with Gasteiger partial charge in [-0.05, 0) is 37.6 Å². The smallest absolute Gasteiger partial charge is 0.0462 e. The summed E-state index contributed by atoms with van der Waals surface area (Å²) in [6.07, 6.45) is 6.62. The average Bonchev–Trinajstić information content (AvgIpc) is 2.24. The Kier molecular flexibility index (Phi) is 6.26. The molecular formula is C13H27NO. The van der Waals surface area contributed by atoms with Crippen LogP contribution in [0.2, 0.25) is 0 Å². The molecule has 15 heavy (non-hydrogen) atoms. The average molecular weight is 213 g/mol. The lowest BCUT2D eigenvalue weighted by atomic mass is 9.78. The van der Waals surface area contributed by atoms with E-state index >= 15 is 0 Å². The lowest BCUT2D eigenvalue weighted by Crippen LogP contribution is -2.41. The van der Waals surface area contributed by atoms with Crippen LogP contribution in [0.3, 0.4) is 0 Å². The molecule has 1 N–H and O–H groups in total. The fourth-order valence-electron chi connectivity index (χ4n) is 2.53. The van der Waals surface area contributed by atoms with Gasteiger partial charge in [-0.25, -0.2) is 0 Å². The third kappa shape index (κ3) is 4.52. The van der Waals surface area contributed by atoms with E-state index in [1.54, 1.807) is 7.11 Å². The summed E-state index contributed by atoms with van der Waals surface area (Å²) < 4.78 is 5.04. The van der Waals surface area contributed by atoms with Gasteiger partial charge in [0, 0.05) is 19.8 Å². The molecule has 0 aromatic rings. The van der Waals surface area contributed by atoms with Gasteiger partial charge in [-0.15, -0.1) is 0 Å². The van der Waals surface area contributed by atoms with Crippen LogP contribution in [0.15, 0.2) is 0 Å². The molecule has 1 fully saturated rings. The Labute approximate surface area is 94.8 Å². The maximum atomic E-state index is 5.04. The zero-order chi connectivity index (χ0) is 11.1. The maximum Gasteiger partial charge on any atom is 0.0462 e. The minimum absolute atomic E-state index is 0.760. The topological polar surface area (TPSA) is 21.3 Å². The van der Waals surface area contributed by atoms with E-state index in [-0.39, 0.29) is 0 Å². The van der Waals surface area contributed by atoms with Gasteiger partial charge in [0.1, 0.15) is 0 Å². The number of ether oxygens (including phenoxy) is 1. The van der Waals surface area contributed by atoms with Crippen LogP contribution in [-0.4, -0.2) is 26.3 Å². The second-order valence-corrected chi connectivity index (χ2v) is 5.03. The van der Waals surface area contributed by atoms with E-state index in [2.05, 4.69) is 19.2 Å². The highest BCUT2D eigenvalue weighted by Gasteiger charge is 2.25. The van der Waals surface area contributed by atoms with Crippen molar-refractivity contribution in [3.63, 3.8) is 0 Å². The molecule has 3 unspecified atom stereocenters. The van der Waals surface area contributed by atoms with Gasteiger partial charge < -0.3 is 10.1 Å². The Hall–Kier alpha value is -0.0800. The van der Waals surface area contributed by atoms with Crippen molar-refractivity contribution < 1.29 is 4.74 Å². The van der Waals surface area contributed by atoms with Crippen molar-refractivity contribution in [3.8, 4) is 0 Å². The summed E-state index contributed by atoms with van der Waals surface area (Å²) in [6, 6.07) is 0.760. The Bertz CT molecular complexity index is 161. The second kappa shape index (κ2) is 7.24. The second-order valence-electron chi connectivity index (χ2n) is 5.03. The summed E-state index contributed by atoms with van der Waals surface area (Å²) in [6.45, 7) is 6.85. The van der Waals surface area contributed by atoms with Crippen LogP contribution in [0.4, 0.5) is 0 Å². The van der Waals surface area contributed by atoms with Crippen molar-refractivity contribution in [2.45, 2.75) is 52.0 Å². The molecule has 0 radical (unpaired) electrons. The molecule has 0 saturated heterocycles. The fraction of sp³-hybridized carbons (Fsp3) is 1.00. The van der Waals surface area contributed by atoms with E-state index in [4.69, 9.17) is 4.74 Å². The first-order chi connectivity index (χ1) is 7.25. The number of hydrogen-bond acceptors (Lipinski definition) is 2. The lowest BCUT2D eigenvalue weighted by Gasteiger charge is -2.34. The van der Waals surface area contributed by atoms with Gasteiger partial charge in [-0.2, -0.15) is 0 Å². The van der Waals surface area contributed by atoms with Gasteiger partial charge in [-0.3, -0.25) is 0 Å². The Morgan fingerprint density at radius 2 is 2.00 bits per heavy atom. The molecule has 3 atom stereocenters. The molecule has 2 heteroatoms. The summed E-state index contributed by atoms with van der Waals surface area (Å²) in [5, 5.41) is 3.71. The number of hydrogen-bond donors (Lipinski definition) is 1. The quantitative estimate of drug-likeness (QED) is 0.685. The first-order valence-electron chi connectivity index (χ1n) is 6.48. The number of nitrogens with one attached hydrogen (secondary N) is 1. The molecule has 1 aliphatic carbocycles. The first-order valence-corrected chi connectivity index (χ1v) is 6.48. The highest BCUT2D eigenvalue weighted by molar-refractivity contribution is 4.81. The normalized spacial score (nSPS) is 31.8. The molecule has 1 saturated carbocycles. The van der Waals surface area contributed by atoms with E-state index in [9.17, 15) is 0 Å². The zero-order valence-electron chi connectivity index (χ0n) is 10.6. The van der Waals surface area contributed by atoms with E-state index in [1.807, 2.05) is 0 Å². The largest absolute Gasteiger partial charge is 0.385 e. The van der Waals surface area contributed by atoms with Crippen LogP contribution >= 0.6 is 0 Å². The van der Waals surface area contributed by atoms with Crippen molar-refractivity contribution in [1.82, 2.24) is 5.32 Å². The molecule has 0 spiro atoms. The number of methoxy groups -OCH3 is 1. The van der Waals surface area contributed by atoms with Crippen molar-refractivity contribution in [2.75, 3.05) is 20.3 Å². The molecule has 0 aromatic carbocycles. The van der Waals surface area contributed by atoms with Crippen LogP contribution in [0, 0.1) is 11.8 Å². The summed E-state index contributed by atoms with van der Waals surface area (Å²) in [7, 11) is 1.78. The molecule has 0 amide bonds. The third-order valence-corrected chi connectivity index (χ3v) is 3.89. The van der Waals surface area contributed by atoms with Gasteiger partial charge >= 0.3 is 0 Å². The summed E-state index contributed by atoms with van der Waals surface area (Å²) in [5.74, 6) is 1.75. The van der Waals surface area contributed by atoms with E-state index in [1.165, 1.54) is 32.1 Å².